The third kappa shape index (κ3) is 2.66. The van der Waals surface area contributed by atoms with E-state index in [0.717, 1.165) is 12.3 Å². The van der Waals surface area contributed by atoms with Crippen LogP contribution in [0.3, 0.4) is 0 Å². The van der Waals surface area contributed by atoms with Crippen molar-refractivity contribution in [2.45, 2.75) is 31.7 Å². The van der Waals surface area contributed by atoms with E-state index < -0.39 is 0 Å². The largest absolute Gasteiger partial charge is 0.327 e. The van der Waals surface area contributed by atoms with Gasteiger partial charge in [0.1, 0.15) is 0 Å². The normalized spacial score (nSPS) is 21.4. The van der Waals surface area contributed by atoms with Crippen molar-refractivity contribution in [1.82, 2.24) is 0 Å². The third-order valence-electron chi connectivity index (χ3n) is 1.80. The predicted octanol–water partition coefficient (Wildman–Crippen LogP) is 1.69. The minimum absolute atomic E-state index is 0.384. The van der Waals surface area contributed by atoms with E-state index in [-0.39, 0.29) is 0 Å². The molecule has 0 heterocycles. The summed E-state index contributed by atoms with van der Waals surface area (Å²) in [6, 6.07) is 0.384. The van der Waals surface area contributed by atoms with Crippen molar-refractivity contribution in [2.75, 3.05) is 0 Å². The predicted molar refractivity (Wildman–Crippen MR) is 40.1 cm³/mol. The quantitative estimate of drug-likeness (QED) is 0.568. The number of nitrogens with two attached hydrogens (primary N) is 1. The zero-order valence-electron chi connectivity index (χ0n) is 5.84. The molecule has 0 aromatic heterocycles. The third-order valence-corrected chi connectivity index (χ3v) is 1.80. The molecule has 52 valence electrons. The summed E-state index contributed by atoms with van der Waals surface area (Å²) in [6.07, 6.45) is 6.92. The molecule has 0 aromatic rings. The Morgan fingerprint density at radius 1 is 1.67 bits per heavy atom. The highest BCUT2D eigenvalue weighted by molar-refractivity contribution is 4.82. The van der Waals surface area contributed by atoms with Gasteiger partial charge in [0, 0.05) is 6.04 Å². The van der Waals surface area contributed by atoms with Crippen LogP contribution in [-0.2, 0) is 0 Å². The monoisotopic (exact) mass is 125 g/mol. The first-order valence-corrected chi connectivity index (χ1v) is 3.69. The molecule has 9 heavy (non-hydrogen) atoms. The van der Waals surface area contributed by atoms with Crippen molar-refractivity contribution in [3.8, 4) is 0 Å². The lowest BCUT2D eigenvalue weighted by atomic mass is 10.1. The molecule has 1 unspecified atom stereocenters. The van der Waals surface area contributed by atoms with Gasteiger partial charge in [0.05, 0.1) is 0 Å². The van der Waals surface area contributed by atoms with Crippen molar-refractivity contribution >= 4 is 0 Å². The van der Waals surface area contributed by atoms with Crippen LogP contribution in [0.1, 0.15) is 25.7 Å². The van der Waals surface area contributed by atoms with E-state index >= 15 is 0 Å². The van der Waals surface area contributed by atoms with Gasteiger partial charge in [-0.2, -0.15) is 0 Å². The zero-order valence-corrected chi connectivity index (χ0v) is 5.84. The second kappa shape index (κ2) is 3.02. The molecule has 2 N–H and O–H groups in total. The van der Waals surface area contributed by atoms with Crippen molar-refractivity contribution < 1.29 is 0 Å². The maximum Gasteiger partial charge on any atom is 0.00759 e. The Hall–Kier alpha value is -0.300. The van der Waals surface area contributed by atoms with E-state index in [1.54, 1.807) is 0 Å². The average Bonchev–Trinajstić information content (AvgIpc) is 2.50. The summed E-state index contributed by atoms with van der Waals surface area (Å²) in [4.78, 5) is 0. The summed E-state index contributed by atoms with van der Waals surface area (Å²) in [5, 5.41) is 0. The maximum atomic E-state index is 5.75. The molecule has 1 saturated carbocycles. The van der Waals surface area contributed by atoms with Crippen LogP contribution in [0.15, 0.2) is 12.7 Å². The lowest BCUT2D eigenvalue weighted by Gasteiger charge is -2.05. The molecule has 0 aromatic carbocycles. The number of hydrogen-bond acceptors (Lipinski definition) is 1. The van der Waals surface area contributed by atoms with Crippen LogP contribution in [0.25, 0.3) is 0 Å². The number of hydrogen-bond donors (Lipinski definition) is 1. The SMILES string of the molecule is C=CCC(N)CC1CC1. The highest BCUT2D eigenvalue weighted by atomic mass is 14.6. The first-order valence-electron chi connectivity index (χ1n) is 3.69. The topological polar surface area (TPSA) is 26.0 Å². The Morgan fingerprint density at radius 2 is 2.33 bits per heavy atom. The van der Waals surface area contributed by atoms with Gasteiger partial charge < -0.3 is 5.73 Å². The lowest BCUT2D eigenvalue weighted by molar-refractivity contribution is 0.575. The summed E-state index contributed by atoms with van der Waals surface area (Å²) in [6.45, 7) is 3.65. The fourth-order valence-electron chi connectivity index (χ4n) is 1.09. The average molecular weight is 125 g/mol. The van der Waals surface area contributed by atoms with Crippen LogP contribution in [-0.4, -0.2) is 6.04 Å². The molecule has 1 aliphatic rings. The van der Waals surface area contributed by atoms with Crippen molar-refractivity contribution in [3.05, 3.63) is 12.7 Å². The van der Waals surface area contributed by atoms with Crippen LogP contribution in [0.5, 0.6) is 0 Å². The Labute approximate surface area is 56.9 Å². The van der Waals surface area contributed by atoms with Gasteiger partial charge in [-0.1, -0.05) is 18.9 Å². The Balaban J connectivity index is 2.01. The molecule has 1 atom stereocenters. The summed E-state index contributed by atoms with van der Waals surface area (Å²) in [5.74, 6) is 0.958. The molecule has 0 radical (unpaired) electrons. The molecule has 1 rings (SSSR count). The Bertz CT molecular complexity index is 94.7. The van der Waals surface area contributed by atoms with Gasteiger partial charge in [-0.3, -0.25) is 0 Å². The second-order valence-electron chi connectivity index (χ2n) is 2.96. The second-order valence-corrected chi connectivity index (χ2v) is 2.96. The molecular formula is C8H15N. The van der Waals surface area contributed by atoms with Gasteiger partial charge in [-0.25, -0.2) is 0 Å². The molecule has 1 nitrogen and oxygen atoms in total. The Kier molecular flexibility index (Phi) is 2.29. The summed E-state index contributed by atoms with van der Waals surface area (Å²) < 4.78 is 0. The van der Waals surface area contributed by atoms with Crippen LogP contribution in [0, 0.1) is 5.92 Å². The van der Waals surface area contributed by atoms with Gasteiger partial charge in [0.2, 0.25) is 0 Å². The fourth-order valence-corrected chi connectivity index (χ4v) is 1.09. The first kappa shape index (κ1) is 6.81. The van der Waals surface area contributed by atoms with E-state index in [1.165, 1.54) is 19.3 Å². The van der Waals surface area contributed by atoms with Gasteiger partial charge in [0.15, 0.2) is 0 Å². The Morgan fingerprint density at radius 3 is 2.78 bits per heavy atom. The summed E-state index contributed by atoms with van der Waals surface area (Å²) in [7, 11) is 0. The molecule has 0 aliphatic heterocycles. The highest BCUT2D eigenvalue weighted by Gasteiger charge is 2.22. The number of rotatable bonds is 4. The maximum absolute atomic E-state index is 5.75. The van der Waals surface area contributed by atoms with E-state index in [0.29, 0.717) is 6.04 Å². The van der Waals surface area contributed by atoms with Gasteiger partial charge >= 0.3 is 0 Å². The zero-order chi connectivity index (χ0) is 6.69. The van der Waals surface area contributed by atoms with Crippen LogP contribution < -0.4 is 5.73 Å². The minimum atomic E-state index is 0.384. The summed E-state index contributed by atoms with van der Waals surface area (Å²) in [5.41, 5.74) is 5.75. The van der Waals surface area contributed by atoms with Gasteiger partial charge in [-0.05, 0) is 18.8 Å². The molecule has 0 amide bonds. The first-order chi connectivity index (χ1) is 4.33. The van der Waals surface area contributed by atoms with Crippen LogP contribution >= 0.6 is 0 Å². The van der Waals surface area contributed by atoms with E-state index in [1.807, 2.05) is 6.08 Å². The van der Waals surface area contributed by atoms with Crippen molar-refractivity contribution in [3.63, 3.8) is 0 Å². The van der Waals surface area contributed by atoms with E-state index in [4.69, 9.17) is 5.73 Å². The van der Waals surface area contributed by atoms with Crippen molar-refractivity contribution in [1.29, 1.82) is 0 Å². The molecule has 1 fully saturated rings. The summed E-state index contributed by atoms with van der Waals surface area (Å²) >= 11 is 0. The van der Waals surface area contributed by atoms with Gasteiger partial charge in [-0.15, -0.1) is 6.58 Å². The van der Waals surface area contributed by atoms with Crippen molar-refractivity contribution in [2.24, 2.45) is 11.7 Å². The molecule has 1 heteroatoms. The molecule has 0 spiro atoms. The fraction of sp³-hybridized carbons (Fsp3) is 0.750. The standard InChI is InChI=1S/C8H15N/c1-2-3-8(9)6-7-4-5-7/h2,7-8H,1,3-6,9H2. The van der Waals surface area contributed by atoms with Crippen LogP contribution in [0.2, 0.25) is 0 Å². The lowest BCUT2D eigenvalue weighted by Crippen LogP contribution is -2.19. The molecule has 0 bridgehead atoms. The van der Waals surface area contributed by atoms with E-state index in [9.17, 15) is 0 Å². The molecular weight excluding hydrogens is 110 g/mol. The highest BCUT2D eigenvalue weighted by Crippen LogP contribution is 2.33. The molecule has 1 aliphatic carbocycles. The smallest absolute Gasteiger partial charge is 0.00759 e. The van der Waals surface area contributed by atoms with E-state index in [2.05, 4.69) is 6.58 Å². The molecule has 0 saturated heterocycles. The minimum Gasteiger partial charge on any atom is -0.327 e. The van der Waals surface area contributed by atoms with Crippen LogP contribution in [0.4, 0.5) is 0 Å². The van der Waals surface area contributed by atoms with Gasteiger partial charge in [0.25, 0.3) is 0 Å².